The first kappa shape index (κ1) is 24.0. The van der Waals surface area contributed by atoms with Gasteiger partial charge >= 0.3 is 0 Å². The van der Waals surface area contributed by atoms with Crippen LogP contribution in [0.2, 0.25) is 0 Å². The van der Waals surface area contributed by atoms with E-state index in [0.29, 0.717) is 25.7 Å². The van der Waals surface area contributed by atoms with Gasteiger partial charge in [-0.1, -0.05) is 24.3 Å². The molecule has 1 atom stereocenters. The zero-order valence-corrected chi connectivity index (χ0v) is 19.0. The van der Waals surface area contributed by atoms with Crippen LogP contribution in [-0.4, -0.2) is 46.0 Å². The van der Waals surface area contributed by atoms with Gasteiger partial charge in [0.2, 0.25) is 0 Å². The Hall–Kier alpha value is -2.00. The summed E-state index contributed by atoms with van der Waals surface area (Å²) in [7, 11) is 3.43. The minimum Gasteiger partial charge on any atom is -0.493 e. The van der Waals surface area contributed by atoms with Crippen molar-refractivity contribution in [2.45, 2.75) is 19.4 Å². The Labute approximate surface area is 184 Å². The third-order valence-electron chi connectivity index (χ3n) is 3.72. The maximum Gasteiger partial charge on any atom is 0.195 e. The largest absolute Gasteiger partial charge is 0.493 e. The first-order valence-electron chi connectivity index (χ1n) is 9.12. The highest BCUT2D eigenvalue weighted by Gasteiger charge is 2.06. The van der Waals surface area contributed by atoms with Gasteiger partial charge in [-0.2, -0.15) is 0 Å². The highest BCUT2D eigenvalue weighted by molar-refractivity contribution is 14.0. The lowest BCUT2D eigenvalue weighted by molar-refractivity contribution is 0.172. The summed E-state index contributed by atoms with van der Waals surface area (Å²) in [6.45, 7) is 3.96. The summed E-state index contributed by atoms with van der Waals surface area (Å²) in [5.41, 5.74) is 0.906. The van der Waals surface area contributed by atoms with E-state index in [9.17, 15) is 0 Å². The van der Waals surface area contributed by atoms with Crippen LogP contribution in [0.3, 0.4) is 0 Å². The second-order valence-electron chi connectivity index (χ2n) is 6.04. The van der Waals surface area contributed by atoms with E-state index in [1.165, 1.54) is 0 Å². The number of para-hydroxylation sites is 1. The molecule has 0 amide bonds. The van der Waals surface area contributed by atoms with Gasteiger partial charge in [0.1, 0.15) is 17.6 Å². The molecule has 1 unspecified atom stereocenters. The lowest BCUT2D eigenvalue weighted by Gasteiger charge is -2.18. The first-order chi connectivity index (χ1) is 13.2. The number of benzene rings is 2. The summed E-state index contributed by atoms with van der Waals surface area (Å²) >= 11 is 0. The molecule has 0 saturated heterocycles. The number of nitrogens with zero attached hydrogens (tertiary/aromatic N) is 1. The Morgan fingerprint density at radius 3 is 2.50 bits per heavy atom. The molecule has 0 aliphatic carbocycles. The van der Waals surface area contributed by atoms with Gasteiger partial charge in [0, 0.05) is 38.9 Å². The maximum absolute atomic E-state index is 5.87. The van der Waals surface area contributed by atoms with Crippen LogP contribution in [0.25, 0.3) is 0 Å². The molecule has 0 aliphatic rings. The van der Waals surface area contributed by atoms with E-state index in [1.54, 1.807) is 14.2 Å². The highest BCUT2D eigenvalue weighted by atomic mass is 127. The highest BCUT2D eigenvalue weighted by Crippen LogP contribution is 2.17. The Kier molecular flexibility index (Phi) is 12.1. The molecular weight excluding hydrogens is 469 g/mol. The molecule has 28 heavy (non-hydrogen) atoms. The number of rotatable bonds is 10. The second kappa shape index (κ2) is 14.1. The average Bonchev–Trinajstić information content (AvgIpc) is 2.69. The number of nitrogens with one attached hydrogen (secondary N) is 2. The molecule has 0 spiro atoms. The van der Waals surface area contributed by atoms with Crippen molar-refractivity contribution in [2.24, 2.45) is 4.99 Å². The monoisotopic (exact) mass is 499 g/mol. The summed E-state index contributed by atoms with van der Waals surface area (Å²) in [5, 5.41) is 6.54. The van der Waals surface area contributed by atoms with E-state index < -0.39 is 0 Å². The fraction of sp³-hybridized carbons (Fsp3) is 0.381. The number of aliphatic imine (C=N–C) groups is 1. The van der Waals surface area contributed by atoms with E-state index in [-0.39, 0.29) is 30.1 Å². The molecule has 0 radical (unpaired) electrons. The third kappa shape index (κ3) is 9.27. The van der Waals surface area contributed by atoms with Gasteiger partial charge in [-0.3, -0.25) is 4.99 Å². The third-order valence-corrected chi connectivity index (χ3v) is 3.72. The minimum atomic E-state index is 0. The topological polar surface area (TPSA) is 64.1 Å². The van der Waals surface area contributed by atoms with Crippen molar-refractivity contribution in [1.82, 2.24) is 5.32 Å². The number of hydrogen-bond acceptors (Lipinski definition) is 4. The Bertz CT molecular complexity index is 698. The lowest BCUT2D eigenvalue weighted by atomic mass is 10.3. The Balaban J connectivity index is 0.00000392. The molecule has 154 valence electrons. The van der Waals surface area contributed by atoms with Crippen LogP contribution in [0.5, 0.6) is 11.5 Å². The Morgan fingerprint density at radius 1 is 1.04 bits per heavy atom. The van der Waals surface area contributed by atoms with Gasteiger partial charge in [-0.15, -0.1) is 24.0 Å². The van der Waals surface area contributed by atoms with Gasteiger partial charge in [0.15, 0.2) is 5.96 Å². The standard InChI is InChI=1S/C21H29N3O3.HI/c1-17(27-19-10-5-4-6-11-19)16-23-21(22-2)24-18-9-7-12-20(15-18)26-14-8-13-25-3;/h4-7,9-12,15,17H,8,13-14,16H2,1-3H3,(H2,22,23,24);1H. The quantitative estimate of drug-likeness (QED) is 0.222. The molecule has 0 aliphatic heterocycles. The van der Waals surface area contributed by atoms with E-state index >= 15 is 0 Å². The van der Waals surface area contributed by atoms with Crippen molar-refractivity contribution in [2.75, 3.05) is 39.2 Å². The van der Waals surface area contributed by atoms with Crippen LogP contribution < -0.4 is 20.1 Å². The molecule has 6 nitrogen and oxygen atoms in total. The van der Waals surface area contributed by atoms with Gasteiger partial charge in [-0.05, 0) is 31.2 Å². The van der Waals surface area contributed by atoms with Crippen molar-refractivity contribution < 1.29 is 14.2 Å². The van der Waals surface area contributed by atoms with E-state index in [0.717, 1.165) is 23.6 Å². The van der Waals surface area contributed by atoms with Crippen LogP contribution in [-0.2, 0) is 4.74 Å². The van der Waals surface area contributed by atoms with Crippen molar-refractivity contribution in [3.63, 3.8) is 0 Å². The molecule has 2 N–H and O–H groups in total. The van der Waals surface area contributed by atoms with Crippen molar-refractivity contribution >= 4 is 35.6 Å². The molecule has 0 fully saturated rings. The number of hydrogen-bond donors (Lipinski definition) is 2. The SMILES string of the molecule is CN=C(NCC(C)Oc1ccccc1)Nc1cccc(OCCCOC)c1.I. The molecule has 0 saturated carbocycles. The number of halogens is 1. The second-order valence-corrected chi connectivity index (χ2v) is 6.04. The van der Waals surface area contributed by atoms with Crippen molar-refractivity contribution in [3.05, 3.63) is 54.6 Å². The number of ether oxygens (including phenoxy) is 3. The molecule has 2 aromatic carbocycles. The normalized spacial score (nSPS) is 11.9. The Morgan fingerprint density at radius 2 is 1.79 bits per heavy atom. The van der Waals surface area contributed by atoms with Crippen LogP contribution in [0.1, 0.15) is 13.3 Å². The summed E-state index contributed by atoms with van der Waals surface area (Å²) < 4.78 is 16.6. The fourth-order valence-corrected chi connectivity index (χ4v) is 2.39. The zero-order valence-electron chi connectivity index (χ0n) is 16.7. The molecule has 2 aromatic rings. The van der Waals surface area contributed by atoms with E-state index in [1.807, 2.05) is 61.5 Å². The maximum atomic E-state index is 5.87. The predicted molar refractivity (Wildman–Crippen MR) is 125 cm³/mol. The van der Waals surface area contributed by atoms with Crippen LogP contribution in [0, 0.1) is 0 Å². The summed E-state index contributed by atoms with van der Waals surface area (Å²) in [4.78, 5) is 4.26. The average molecular weight is 499 g/mol. The van der Waals surface area contributed by atoms with Crippen LogP contribution in [0.4, 0.5) is 5.69 Å². The fourth-order valence-electron chi connectivity index (χ4n) is 2.39. The summed E-state index contributed by atoms with van der Waals surface area (Å²) in [6.07, 6.45) is 0.859. The number of guanidine groups is 1. The molecule has 0 heterocycles. The molecule has 2 rings (SSSR count). The van der Waals surface area contributed by atoms with Crippen LogP contribution >= 0.6 is 24.0 Å². The summed E-state index contributed by atoms with van der Waals surface area (Å²) in [6, 6.07) is 17.6. The molecule has 0 aromatic heterocycles. The summed E-state index contributed by atoms with van der Waals surface area (Å²) in [5.74, 6) is 2.34. The van der Waals surface area contributed by atoms with E-state index in [4.69, 9.17) is 14.2 Å². The van der Waals surface area contributed by atoms with Gasteiger partial charge in [0.05, 0.1) is 13.2 Å². The molecule has 7 heteroatoms. The molecule has 0 bridgehead atoms. The van der Waals surface area contributed by atoms with Gasteiger partial charge < -0.3 is 24.8 Å². The van der Waals surface area contributed by atoms with Crippen molar-refractivity contribution in [1.29, 1.82) is 0 Å². The number of methoxy groups -OCH3 is 1. The predicted octanol–water partition coefficient (Wildman–Crippen LogP) is 4.17. The minimum absolute atomic E-state index is 0. The van der Waals surface area contributed by atoms with Gasteiger partial charge in [0.25, 0.3) is 0 Å². The number of anilines is 1. The molecular formula is C21H30IN3O3. The van der Waals surface area contributed by atoms with E-state index in [2.05, 4.69) is 15.6 Å². The van der Waals surface area contributed by atoms with Gasteiger partial charge in [-0.25, -0.2) is 0 Å². The smallest absolute Gasteiger partial charge is 0.195 e. The van der Waals surface area contributed by atoms with Crippen LogP contribution in [0.15, 0.2) is 59.6 Å². The lowest BCUT2D eigenvalue weighted by Crippen LogP contribution is -2.37. The van der Waals surface area contributed by atoms with Crippen molar-refractivity contribution in [3.8, 4) is 11.5 Å². The first-order valence-corrected chi connectivity index (χ1v) is 9.12. The zero-order chi connectivity index (χ0) is 19.3.